The lowest BCUT2D eigenvalue weighted by Gasteiger charge is -2.08. The zero-order chi connectivity index (χ0) is 17.8. The minimum Gasteiger partial charge on any atom is -0.433 e. The van der Waals surface area contributed by atoms with Gasteiger partial charge in [-0.15, -0.1) is 0 Å². The van der Waals surface area contributed by atoms with Crippen molar-refractivity contribution in [3.8, 4) is 11.6 Å². The number of alkyl halides is 2. The van der Waals surface area contributed by atoms with Gasteiger partial charge in [-0.05, 0) is 32.0 Å². The van der Waals surface area contributed by atoms with E-state index in [9.17, 15) is 8.78 Å². The summed E-state index contributed by atoms with van der Waals surface area (Å²) in [6.07, 6.45) is 4.46. The van der Waals surface area contributed by atoms with Gasteiger partial charge in [0.15, 0.2) is 5.82 Å². The van der Waals surface area contributed by atoms with Gasteiger partial charge < -0.3 is 10.1 Å². The maximum absolute atomic E-state index is 12.1. The molecule has 3 heterocycles. The average molecular weight is 346 g/mol. The van der Waals surface area contributed by atoms with Crippen LogP contribution in [0.3, 0.4) is 0 Å². The number of pyridine rings is 1. The van der Waals surface area contributed by atoms with Crippen LogP contribution in [0.15, 0.2) is 36.8 Å². The van der Waals surface area contributed by atoms with E-state index in [-0.39, 0.29) is 5.75 Å². The van der Waals surface area contributed by atoms with Gasteiger partial charge in [0.25, 0.3) is 0 Å². The number of hydrogen-bond donors (Lipinski definition) is 1. The molecule has 0 aliphatic carbocycles. The first-order valence-corrected chi connectivity index (χ1v) is 7.50. The van der Waals surface area contributed by atoms with Gasteiger partial charge in [-0.3, -0.25) is 9.97 Å². The molecule has 1 N–H and O–H groups in total. The third-order valence-corrected chi connectivity index (χ3v) is 3.32. The second kappa shape index (κ2) is 7.20. The van der Waals surface area contributed by atoms with Gasteiger partial charge in [-0.2, -0.15) is 13.9 Å². The van der Waals surface area contributed by atoms with Crippen molar-refractivity contribution in [2.45, 2.75) is 27.0 Å². The predicted octanol–water partition coefficient (Wildman–Crippen LogP) is 2.89. The normalized spacial score (nSPS) is 10.9. The van der Waals surface area contributed by atoms with Crippen LogP contribution in [0.2, 0.25) is 0 Å². The van der Waals surface area contributed by atoms with Crippen molar-refractivity contribution in [2.75, 3.05) is 5.32 Å². The Morgan fingerprint density at radius 1 is 1.20 bits per heavy atom. The van der Waals surface area contributed by atoms with Crippen molar-refractivity contribution < 1.29 is 13.5 Å². The Morgan fingerprint density at radius 2 is 2.04 bits per heavy atom. The lowest BCUT2D eigenvalue weighted by Crippen LogP contribution is -2.08. The van der Waals surface area contributed by atoms with Gasteiger partial charge >= 0.3 is 6.61 Å². The van der Waals surface area contributed by atoms with E-state index < -0.39 is 6.61 Å². The summed E-state index contributed by atoms with van der Waals surface area (Å²) in [5, 5.41) is 7.46. The van der Waals surface area contributed by atoms with Crippen molar-refractivity contribution in [1.82, 2.24) is 24.7 Å². The minimum absolute atomic E-state index is 0.0186. The van der Waals surface area contributed by atoms with E-state index in [1.54, 1.807) is 23.1 Å². The molecule has 9 heteroatoms. The van der Waals surface area contributed by atoms with Crippen LogP contribution < -0.4 is 10.1 Å². The molecule has 0 unspecified atom stereocenters. The third kappa shape index (κ3) is 4.25. The highest BCUT2D eigenvalue weighted by atomic mass is 19.3. The quantitative estimate of drug-likeness (QED) is 0.739. The molecule has 0 aliphatic heterocycles. The molecule has 3 aromatic heterocycles. The molecule has 0 saturated carbocycles. The van der Waals surface area contributed by atoms with Gasteiger partial charge in [0, 0.05) is 5.69 Å². The summed E-state index contributed by atoms with van der Waals surface area (Å²) in [6, 6.07) is 4.99. The van der Waals surface area contributed by atoms with Crippen LogP contribution in [-0.2, 0) is 6.54 Å². The van der Waals surface area contributed by atoms with Gasteiger partial charge in [0.1, 0.15) is 11.6 Å². The standard InChI is InChI=1S/C16H16F2N6O/c1-10-5-11(2)24(23-10)15-9-19-8-14(22-15)21-6-12-3-4-13(7-20-12)25-16(17)18/h3-5,7-9,16H,6H2,1-2H3,(H,21,22). The fourth-order valence-electron chi connectivity index (χ4n) is 2.27. The third-order valence-electron chi connectivity index (χ3n) is 3.32. The number of halogens is 2. The van der Waals surface area contributed by atoms with E-state index in [1.807, 2.05) is 19.9 Å². The summed E-state index contributed by atoms with van der Waals surface area (Å²) in [6.45, 7) is 1.35. The lowest BCUT2D eigenvalue weighted by atomic mass is 10.3. The summed E-state index contributed by atoms with van der Waals surface area (Å²) in [7, 11) is 0. The van der Waals surface area contributed by atoms with Gasteiger partial charge in [0.2, 0.25) is 0 Å². The van der Waals surface area contributed by atoms with E-state index in [1.165, 1.54) is 12.3 Å². The molecule has 3 rings (SSSR count). The Hall–Kier alpha value is -3.10. The van der Waals surface area contributed by atoms with Gasteiger partial charge in [0.05, 0.1) is 36.5 Å². The fraction of sp³-hybridized carbons (Fsp3) is 0.250. The van der Waals surface area contributed by atoms with Crippen LogP contribution in [0.25, 0.3) is 5.82 Å². The Balaban J connectivity index is 1.67. The SMILES string of the molecule is Cc1cc(C)n(-c2cncc(NCc3ccc(OC(F)F)cn3)n2)n1. The largest absolute Gasteiger partial charge is 0.433 e. The highest BCUT2D eigenvalue weighted by Gasteiger charge is 2.07. The van der Waals surface area contributed by atoms with E-state index in [0.717, 1.165) is 11.4 Å². The molecule has 0 atom stereocenters. The second-order valence-corrected chi connectivity index (χ2v) is 5.32. The second-order valence-electron chi connectivity index (χ2n) is 5.32. The van der Waals surface area contributed by atoms with E-state index in [0.29, 0.717) is 23.9 Å². The molecule has 7 nitrogen and oxygen atoms in total. The molecule has 0 amide bonds. The first kappa shape index (κ1) is 16.7. The molecule has 0 radical (unpaired) electrons. The number of anilines is 1. The van der Waals surface area contributed by atoms with Crippen molar-refractivity contribution in [1.29, 1.82) is 0 Å². The molecular weight excluding hydrogens is 330 g/mol. The number of aromatic nitrogens is 5. The van der Waals surface area contributed by atoms with Crippen molar-refractivity contribution >= 4 is 5.82 Å². The predicted molar refractivity (Wildman–Crippen MR) is 86.8 cm³/mol. The highest BCUT2D eigenvalue weighted by Crippen LogP contribution is 2.14. The topological polar surface area (TPSA) is 77.8 Å². The van der Waals surface area contributed by atoms with Gasteiger partial charge in [-0.1, -0.05) is 0 Å². The Bertz CT molecular complexity index is 850. The maximum Gasteiger partial charge on any atom is 0.387 e. The van der Waals surface area contributed by atoms with Crippen LogP contribution in [0.1, 0.15) is 17.1 Å². The summed E-state index contributed by atoms with van der Waals surface area (Å²) in [5.41, 5.74) is 2.51. The molecule has 0 bridgehead atoms. The first-order valence-electron chi connectivity index (χ1n) is 7.50. The molecule has 130 valence electrons. The monoisotopic (exact) mass is 346 g/mol. The first-order chi connectivity index (χ1) is 12.0. The smallest absolute Gasteiger partial charge is 0.387 e. The van der Waals surface area contributed by atoms with E-state index >= 15 is 0 Å². The molecule has 0 spiro atoms. The molecule has 0 aromatic carbocycles. The van der Waals surface area contributed by atoms with Crippen LogP contribution in [-0.4, -0.2) is 31.3 Å². The van der Waals surface area contributed by atoms with Gasteiger partial charge in [-0.25, -0.2) is 9.67 Å². The number of rotatable bonds is 6. The van der Waals surface area contributed by atoms with Crippen molar-refractivity contribution in [2.24, 2.45) is 0 Å². The summed E-state index contributed by atoms with van der Waals surface area (Å²) in [4.78, 5) is 12.7. The highest BCUT2D eigenvalue weighted by molar-refractivity contribution is 5.37. The Kier molecular flexibility index (Phi) is 4.82. The molecule has 3 aromatic rings. The van der Waals surface area contributed by atoms with Crippen LogP contribution >= 0.6 is 0 Å². The van der Waals surface area contributed by atoms with Crippen LogP contribution in [0.4, 0.5) is 14.6 Å². The molecule has 25 heavy (non-hydrogen) atoms. The average Bonchev–Trinajstić information content (AvgIpc) is 2.92. The van der Waals surface area contributed by atoms with Crippen LogP contribution in [0, 0.1) is 13.8 Å². The van der Waals surface area contributed by atoms with E-state index in [4.69, 9.17) is 0 Å². The Labute approximate surface area is 142 Å². The van der Waals surface area contributed by atoms with Crippen LogP contribution in [0.5, 0.6) is 5.75 Å². The molecule has 0 aliphatic rings. The Morgan fingerprint density at radius 3 is 2.68 bits per heavy atom. The summed E-state index contributed by atoms with van der Waals surface area (Å²) < 4.78 is 30.2. The van der Waals surface area contributed by atoms with Crippen molar-refractivity contribution in [3.63, 3.8) is 0 Å². The lowest BCUT2D eigenvalue weighted by molar-refractivity contribution is -0.0500. The number of ether oxygens (including phenoxy) is 1. The minimum atomic E-state index is -2.86. The maximum atomic E-state index is 12.1. The van der Waals surface area contributed by atoms with E-state index in [2.05, 4.69) is 30.1 Å². The zero-order valence-corrected chi connectivity index (χ0v) is 13.6. The molecular formula is C16H16F2N6O. The number of nitrogens with zero attached hydrogens (tertiary/aromatic N) is 5. The summed E-state index contributed by atoms with van der Waals surface area (Å²) >= 11 is 0. The van der Waals surface area contributed by atoms with Crippen molar-refractivity contribution in [3.05, 3.63) is 53.9 Å². The summed E-state index contributed by atoms with van der Waals surface area (Å²) in [5.74, 6) is 1.18. The molecule has 0 fully saturated rings. The molecule has 0 saturated heterocycles. The number of nitrogens with one attached hydrogen (secondary N) is 1. The number of aryl methyl sites for hydroxylation is 2. The zero-order valence-electron chi connectivity index (χ0n) is 13.6. The fourth-order valence-corrected chi connectivity index (χ4v) is 2.27. The number of hydrogen-bond acceptors (Lipinski definition) is 6.